The van der Waals surface area contributed by atoms with E-state index in [1.54, 1.807) is 0 Å². The first-order valence-electron chi connectivity index (χ1n) is 7.56. The molecule has 2 fully saturated rings. The van der Waals surface area contributed by atoms with E-state index in [9.17, 15) is 8.78 Å². The second kappa shape index (κ2) is 5.44. The Balaban J connectivity index is 1.88. The molecule has 2 saturated carbocycles. The monoisotopic (exact) mass is 259 g/mol. The lowest BCUT2D eigenvalue weighted by atomic mass is 9.79. The zero-order chi connectivity index (χ0) is 13.2. The third kappa shape index (κ3) is 3.66. The van der Waals surface area contributed by atoms with E-state index < -0.39 is 5.92 Å². The summed E-state index contributed by atoms with van der Waals surface area (Å²) in [5, 5.41) is 3.60. The Morgan fingerprint density at radius 1 is 1.28 bits per heavy atom. The van der Waals surface area contributed by atoms with E-state index in [1.807, 2.05) is 0 Å². The molecule has 0 amide bonds. The van der Waals surface area contributed by atoms with Crippen molar-refractivity contribution in [1.82, 2.24) is 5.32 Å². The van der Waals surface area contributed by atoms with Crippen molar-refractivity contribution in [1.29, 1.82) is 0 Å². The first kappa shape index (κ1) is 14.2. The lowest BCUT2D eigenvalue weighted by molar-refractivity contribution is -0.0557. The molecule has 2 rings (SSSR count). The fourth-order valence-corrected chi connectivity index (χ4v) is 3.29. The topological polar surface area (TPSA) is 12.0 Å². The predicted octanol–water partition coefficient (Wildman–Crippen LogP) is 4.37. The zero-order valence-corrected chi connectivity index (χ0v) is 11.8. The van der Waals surface area contributed by atoms with E-state index >= 15 is 0 Å². The molecule has 1 N–H and O–H groups in total. The fraction of sp³-hybridized carbons (Fsp3) is 1.00. The Kier molecular flexibility index (Phi) is 4.30. The van der Waals surface area contributed by atoms with Gasteiger partial charge in [-0.3, -0.25) is 0 Å². The summed E-state index contributed by atoms with van der Waals surface area (Å²) in [6, 6.07) is 0.455. The van der Waals surface area contributed by atoms with Crippen molar-refractivity contribution >= 4 is 0 Å². The van der Waals surface area contributed by atoms with Gasteiger partial charge in [-0.05, 0) is 56.4 Å². The Hall–Kier alpha value is -0.180. The van der Waals surface area contributed by atoms with Gasteiger partial charge in [-0.1, -0.05) is 13.8 Å². The summed E-state index contributed by atoms with van der Waals surface area (Å²) in [7, 11) is 0. The highest BCUT2D eigenvalue weighted by Gasteiger charge is 2.46. The molecule has 0 bridgehead atoms. The summed E-state index contributed by atoms with van der Waals surface area (Å²) in [6.07, 6.45) is 6.51. The van der Waals surface area contributed by atoms with Crippen LogP contribution in [0.25, 0.3) is 0 Å². The van der Waals surface area contributed by atoms with Crippen LogP contribution in [0.2, 0.25) is 0 Å². The van der Waals surface area contributed by atoms with E-state index in [-0.39, 0.29) is 18.8 Å². The standard InChI is InChI=1S/C15H27F2N/c1-3-9-18-13(14(2)7-8-14)10-12-5-4-6-15(16,17)11-12/h12-13,18H,3-11H2,1-2H3. The molecule has 3 heteroatoms. The van der Waals surface area contributed by atoms with Crippen LogP contribution in [0.5, 0.6) is 0 Å². The van der Waals surface area contributed by atoms with Crippen LogP contribution in [0.15, 0.2) is 0 Å². The SMILES string of the molecule is CCCNC(CC1CCCC(F)(F)C1)C1(C)CC1. The molecule has 2 unspecified atom stereocenters. The largest absolute Gasteiger partial charge is 0.313 e. The van der Waals surface area contributed by atoms with Gasteiger partial charge < -0.3 is 5.32 Å². The number of alkyl halides is 2. The number of hydrogen-bond donors (Lipinski definition) is 1. The van der Waals surface area contributed by atoms with E-state index in [0.29, 0.717) is 17.9 Å². The highest BCUT2D eigenvalue weighted by Crippen LogP contribution is 2.51. The average molecular weight is 259 g/mol. The first-order chi connectivity index (χ1) is 8.45. The maximum Gasteiger partial charge on any atom is 0.248 e. The minimum atomic E-state index is -2.40. The number of halogens is 2. The first-order valence-corrected chi connectivity index (χ1v) is 7.56. The van der Waals surface area contributed by atoms with Crippen molar-refractivity contribution in [3.8, 4) is 0 Å². The molecule has 2 aliphatic carbocycles. The lowest BCUT2D eigenvalue weighted by Crippen LogP contribution is -2.40. The molecule has 0 heterocycles. The second-order valence-electron chi connectivity index (χ2n) is 6.71. The van der Waals surface area contributed by atoms with Gasteiger partial charge in [0.25, 0.3) is 0 Å². The fourth-order valence-electron chi connectivity index (χ4n) is 3.29. The molecule has 0 radical (unpaired) electrons. The van der Waals surface area contributed by atoms with Gasteiger partial charge in [-0.2, -0.15) is 0 Å². The van der Waals surface area contributed by atoms with Crippen LogP contribution in [-0.4, -0.2) is 18.5 Å². The van der Waals surface area contributed by atoms with Gasteiger partial charge in [0.2, 0.25) is 5.92 Å². The molecule has 18 heavy (non-hydrogen) atoms. The minimum absolute atomic E-state index is 0.105. The Labute approximate surface area is 110 Å². The molecule has 0 spiro atoms. The summed E-state index contributed by atoms with van der Waals surface area (Å²) in [5.74, 6) is -2.18. The highest BCUT2D eigenvalue weighted by atomic mass is 19.3. The van der Waals surface area contributed by atoms with E-state index in [1.165, 1.54) is 12.8 Å². The van der Waals surface area contributed by atoms with Gasteiger partial charge in [-0.15, -0.1) is 0 Å². The summed E-state index contributed by atoms with van der Waals surface area (Å²) in [5.41, 5.74) is 0.391. The van der Waals surface area contributed by atoms with E-state index in [0.717, 1.165) is 25.8 Å². The van der Waals surface area contributed by atoms with Crippen LogP contribution in [0, 0.1) is 11.3 Å². The van der Waals surface area contributed by atoms with Gasteiger partial charge in [0.05, 0.1) is 0 Å². The third-order valence-electron chi connectivity index (χ3n) is 4.83. The molecule has 0 aromatic carbocycles. The van der Waals surface area contributed by atoms with E-state index in [4.69, 9.17) is 0 Å². The molecule has 0 saturated heterocycles. The van der Waals surface area contributed by atoms with Crippen molar-refractivity contribution in [2.24, 2.45) is 11.3 Å². The quantitative estimate of drug-likeness (QED) is 0.747. The van der Waals surface area contributed by atoms with Crippen LogP contribution < -0.4 is 5.32 Å². The normalized spacial score (nSPS) is 31.0. The summed E-state index contributed by atoms with van der Waals surface area (Å²) < 4.78 is 26.9. The van der Waals surface area contributed by atoms with Crippen LogP contribution in [0.1, 0.15) is 65.2 Å². The molecule has 0 aromatic heterocycles. The molecule has 0 aliphatic heterocycles. The molecule has 1 nitrogen and oxygen atoms in total. The van der Waals surface area contributed by atoms with E-state index in [2.05, 4.69) is 19.2 Å². The Bertz CT molecular complexity index is 274. The summed E-state index contributed by atoms with van der Waals surface area (Å²) in [6.45, 7) is 5.48. The van der Waals surface area contributed by atoms with Crippen molar-refractivity contribution < 1.29 is 8.78 Å². The third-order valence-corrected chi connectivity index (χ3v) is 4.83. The van der Waals surface area contributed by atoms with Gasteiger partial charge in [-0.25, -0.2) is 8.78 Å². The van der Waals surface area contributed by atoms with Crippen LogP contribution in [0.3, 0.4) is 0 Å². The van der Waals surface area contributed by atoms with Crippen molar-refractivity contribution in [2.75, 3.05) is 6.54 Å². The van der Waals surface area contributed by atoms with Crippen molar-refractivity contribution in [3.63, 3.8) is 0 Å². The van der Waals surface area contributed by atoms with Gasteiger partial charge >= 0.3 is 0 Å². The molecule has 0 aromatic rings. The highest BCUT2D eigenvalue weighted by molar-refractivity contribution is 5.00. The maximum absolute atomic E-state index is 13.4. The predicted molar refractivity (Wildman–Crippen MR) is 70.9 cm³/mol. The van der Waals surface area contributed by atoms with Crippen LogP contribution in [0.4, 0.5) is 8.78 Å². The van der Waals surface area contributed by atoms with Crippen LogP contribution >= 0.6 is 0 Å². The smallest absolute Gasteiger partial charge is 0.248 e. The van der Waals surface area contributed by atoms with Crippen molar-refractivity contribution in [3.05, 3.63) is 0 Å². The summed E-state index contributed by atoms with van der Waals surface area (Å²) in [4.78, 5) is 0. The molecular weight excluding hydrogens is 232 g/mol. The minimum Gasteiger partial charge on any atom is -0.313 e. The molecule has 2 atom stereocenters. The van der Waals surface area contributed by atoms with Gasteiger partial charge in [0.1, 0.15) is 0 Å². The second-order valence-corrected chi connectivity index (χ2v) is 6.71. The van der Waals surface area contributed by atoms with Gasteiger partial charge in [0.15, 0.2) is 0 Å². The number of rotatable bonds is 6. The number of hydrogen-bond acceptors (Lipinski definition) is 1. The Morgan fingerprint density at radius 3 is 2.56 bits per heavy atom. The Morgan fingerprint density at radius 2 is 2.00 bits per heavy atom. The van der Waals surface area contributed by atoms with Crippen LogP contribution in [-0.2, 0) is 0 Å². The molecule has 106 valence electrons. The van der Waals surface area contributed by atoms with Crippen molar-refractivity contribution in [2.45, 2.75) is 77.2 Å². The molecule has 2 aliphatic rings. The maximum atomic E-state index is 13.4. The average Bonchev–Trinajstić information content (AvgIpc) is 3.02. The van der Waals surface area contributed by atoms with Gasteiger partial charge in [0, 0.05) is 18.9 Å². The summed E-state index contributed by atoms with van der Waals surface area (Å²) >= 11 is 0. The zero-order valence-electron chi connectivity index (χ0n) is 11.8. The molecular formula is C15H27F2N. The number of nitrogens with one attached hydrogen (secondary N) is 1. The lowest BCUT2D eigenvalue weighted by Gasteiger charge is -2.34.